The molecular weight excluding hydrogens is 342 g/mol. The van der Waals surface area contributed by atoms with Crippen molar-refractivity contribution in [3.63, 3.8) is 0 Å². The molecule has 0 spiro atoms. The van der Waals surface area contributed by atoms with Crippen LogP contribution in [0.15, 0.2) is 30.3 Å². The number of hydrogen-bond donors (Lipinski definition) is 1. The Balaban J connectivity index is 1.70. The van der Waals surface area contributed by atoms with E-state index in [1.807, 2.05) is 30.3 Å². The maximum Gasteiger partial charge on any atom is 0.343 e. The van der Waals surface area contributed by atoms with Crippen molar-refractivity contribution in [1.29, 1.82) is 0 Å². The van der Waals surface area contributed by atoms with Gasteiger partial charge in [0.15, 0.2) is 6.10 Å². The van der Waals surface area contributed by atoms with Crippen LogP contribution in [0.2, 0.25) is 5.15 Å². The van der Waals surface area contributed by atoms with E-state index in [2.05, 4.69) is 10.4 Å². The number of nitrogens with one attached hydrogen (secondary N) is 1. The first-order valence-corrected chi connectivity index (χ1v) is 8.61. The van der Waals surface area contributed by atoms with Gasteiger partial charge in [0.1, 0.15) is 10.7 Å². The summed E-state index contributed by atoms with van der Waals surface area (Å²) in [5.41, 5.74) is 1.69. The van der Waals surface area contributed by atoms with E-state index in [1.165, 1.54) is 0 Å². The molecule has 1 aromatic carbocycles. The minimum absolute atomic E-state index is 0.198. The van der Waals surface area contributed by atoms with Crippen LogP contribution in [0.4, 0.5) is 0 Å². The number of hydrogen-bond acceptors (Lipinski definition) is 4. The van der Waals surface area contributed by atoms with Gasteiger partial charge in [-0.2, -0.15) is 5.10 Å². The zero-order chi connectivity index (χ0) is 18.0. The van der Waals surface area contributed by atoms with E-state index in [9.17, 15) is 9.59 Å². The molecule has 1 atom stereocenters. The third-order valence-corrected chi connectivity index (χ3v) is 4.41. The second kappa shape index (κ2) is 7.27. The number of ether oxygens (including phenoxy) is 1. The highest BCUT2D eigenvalue weighted by atomic mass is 35.5. The normalized spacial score (nSPS) is 14.8. The van der Waals surface area contributed by atoms with Gasteiger partial charge in [-0.1, -0.05) is 41.9 Å². The topological polar surface area (TPSA) is 73.2 Å². The molecule has 1 fully saturated rings. The van der Waals surface area contributed by atoms with Crippen molar-refractivity contribution in [2.45, 2.75) is 45.4 Å². The highest BCUT2D eigenvalue weighted by Crippen LogP contribution is 2.23. The van der Waals surface area contributed by atoms with Crippen molar-refractivity contribution in [3.8, 4) is 0 Å². The highest BCUT2D eigenvalue weighted by Gasteiger charge is 2.29. The summed E-state index contributed by atoms with van der Waals surface area (Å²) in [5, 5.41) is 7.34. The van der Waals surface area contributed by atoms with Crippen LogP contribution in [-0.2, 0) is 16.1 Å². The summed E-state index contributed by atoms with van der Waals surface area (Å²) < 4.78 is 6.82. The first-order chi connectivity index (χ1) is 12.0. The van der Waals surface area contributed by atoms with Crippen LogP contribution in [0, 0.1) is 6.92 Å². The monoisotopic (exact) mass is 361 g/mol. The van der Waals surface area contributed by atoms with E-state index in [0.717, 1.165) is 18.4 Å². The van der Waals surface area contributed by atoms with Gasteiger partial charge in [-0.3, -0.25) is 4.79 Å². The van der Waals surface area contributed by atoms with E-state index >= 15 is 0 Å². The van der Waals surface area contributed by atoms with E-state index < -0.39 is 12.1 Å². The molecule has 132 valence electrons. The molecule has 2 aromatic rings. The number of nitrogens with zero attached hydrogens (tertiary/aromatic N) is 2. The van der Waals surface area contributed by atoms with E-state index in [0.29, 0.717) is 12.2 Å². The molecule has 1 aromatic heterocycles. The molecule has 1 aliphatic carbocycles. The SMILES string of the molecule is Cc1nn(Cc2ccccc2)c(Cl)c1C(=O)O[C@@H](C)C(=O)NC1CC1. The van der Waals surface area contributed by atoms with Gasteiger partial charge in [-0.15, -0.1) is 0 Å². The highest BCUT2D eigenvalue weighted by molar-refractivity contribution is 6.32. The molecule has 1 saturated carbocycles. The average Bonchev–Trinajstić information content (AvgIpc) is 3.34. The molecule has 0 saturated heterocycles. The number of carbonyl (C=O) groups excluding carboxylic acids is 2. The van der Waals surface area contributed by atoms with Crippen molar-refractivity contribution in [2.24, 2.45) is 0 Å². The summed E-state index contributed by atoms with van der Waals surface area (Å²) in [7, 11) is 0. The molecule has 25 heavy (non-hydrogen) atoms. The molecule has 6 nitrogen and oxygen atoms in total. The van der Waals surface area contributed by atoms with Crippen LogP contribution in [0.5, 0.6) is 0 Å². The molecule has 7 heteroatoms. The second-order valence-electron chi connectivity index (χ2n) is 6.22. The standard InChI is InChI=1S/C18H20ClN3O3/c1-11-15(18(24)25-12(2)17(23)20-14-8-9-14)16(19)22(21-11)10-13-6-4-3-5-7-13/h3-7,12,14H,8-10H2,1-2H3,(H,20,23)/t12-/m0/s1. The van der Waals surface area contributed by atoms with E-state index in [1.54, 1.807) is 18.5 Å². The molecule has 1 N–H and O–H groups in total. The van der Waals surface area contributed by atoms with Crippen molar-refractivity contribution in [2.75, 3.05) is 0 Å². The number of esters is 1. The summed E-state index contributed by atoms with van der Waals surface area (Å²) in [6.45, 7) is 3.69. The molecule has 0 bridgehead atoms. The molecule has 0 unspecified atom stereocenters. The molecule has 3 rings (SSSR count). The maximum atomic E-state index is 12.4. The fourth-order valence-corrected chi connectivity index (χ4v) is 2.78. The van der Waals surface area contributed by atoms with Gasteiger partial charge < -0.3 is 10.1 Å². The van der Waals surface area contributed by atoms with Crippen LogP contribution in [0.3, 0.4) is 0 Å². The van der Waals surface area contributed by atoms with Gasteiger partial charge in [0.2, 0.25) is 0 Å². The lowest BCUT2D eigenvalue weighted by Crippen LogP contribution is -2.37. The Bertz CT molecular complexity index is 784. The summed E-state index contributed by atoms with van der Waals surface area (Å²) >= 11 is 6.33. The van der Waals surface area contributed by atoms with E-state index in [4.69, 9.17) is 16.3 Å². The number of aromatic nitrogens is 2. The number of aryl methyl sites for hydroxylation is 1. The second-order valence-corrected chi connectivity index (χ2v) is 6.58. The minimum atomic E-state index is -0.874. The maximum absolute atomic E-state index is 12.4. The van der Waals surface area contributed by atoms with Gasteiger partial charge in [-0.05, 0) is 32.3 Å². The third-order valence-electron chi connectivity index (χ3n) is 4.02. The molecular formula is C18H20ClN3O3. The van der Waals surface area contributed by atoms with Crippen molar-refractivity contribution in [3.05, 3.63) is 52.3 Å². The molecule has 1 aliphatic rings. The fraction of sp³-hybridized carbons (Fsp3) is 0.389. The predicted octanol–water partition coefficient (Wildman–Crippen LogP) is 2.72. The van der Waals surface area contributed by atoms with Crippen LogP contribution < -0.4 is 5.32 Å². The van der Waals surface area contributed by atoms with Crippen LogP contribution in [0.25, 0.3) is 0 Å². The number of rotatable bonds is 6. The smallest absolute Gasteiger partial charge is 0.343 e. The Morgan fingerprint density at radius 2 is 2.04 bits per heavy atom. The molecule has 0 aliphatic heterocycles. The molecule has 1 amide bonds. The lowest BCUT2D eigenvalue weighted by Gasteiger charge is -2.13. The predicted molar refractivity (Wildman–Crippen MR) is 93.6 cm³/mol. The quantitative estimate of drug-likeness (QED) is 0.803. The Kier molecular flexibility index (Phi) is 5.08. The zero-order valence-corrected chi connectivity index (χ0v) is 14.9. The summed E-state index contributed by atoms with van der Waals surface area (Å²) in [4.78, 5) is 24.4. The third kappa shape index (κ3) is 4.20. The largest absolute Gasteiger partial charge is 0.449 e. The Morgan fingerprint density at radius 1 is 1.36 bits per heavy atom. The summed E-state index contributed by atoms with van der Waals surface area (Å²) in [6.07, 6.45) is 1.08. The number of halogens is 1. The minimum Gasteiger partial charge on any atom is -0.449 e. The summed E-state index contributed by atoms with van der Waals surface area (Å²) in [6, 6.07) is 9.90. The average molecular weight is 362 g/mol. The molecule has 1 heterocycles. The summed E-state index contributed by atoms with van der Waals surface area (Å²) in [5.74, 6) is -0.929. The molecule has 0 radical (unpaired) electrons. The zero-order valence-electron chi connectivity index (χ0n) is 14.2. The van der Waals surface area contributed by atoms with E-state index in [-0.39, 0.29) is 22.7 Å². The van der Waals surface area contributed by atoms with Crippen LogP contribution in [-0.4, -0.2) is 33.8 Å². The van der Waals surface area contributed by atoms with Crippen LogP contribution >= 0.6 is 11.6 Å². The lowest BCUT2D eigenvalue weighted by molar-refractivity contribution is -0.129. The number of benzene rings is 1. The fourth-order valence-electron chi connectivity index (χ4n) is 2.47. The number of amides is 1. The van der Waals surface area contributed by atoms with Gasteiger partial charge in [0, 0.05) is 6.04 Å². The van der Waals surface area contributed by atoms with Crippen molar-refractivity contribution >= 4 is 23.5 Å². The Morgan fingerprint density at radius 3 is 2.68 bits per heavy atom. The first-order valence-electron chi connectivity index (χ1n) is 8.24. The van der Waals surface area contributed by atoms with Gasteiger partial charge in [0.25, 0.3) is 5.91 Å². The van der Waals surface area contributed by atoms with Crippen molar-refractivity contribution in [1.82, 2.24) is 15.1 Å². The van der Waals surface area contributed by atoms with Gasteiger partial charge in [-0.25, -0.2) is 9.48 Å². The van der Waals surface area contributed by atoms with Gasteiger partial charge in [0.05, 0.1) is 12.2 Å². The first kappa shape index (κ1) is 17.5. The van der Waals surface area contributed by atoms with Gasteiger partial charge >= 0.3 is 5.97 Å². The Labute approximate surface area is 151 Å². The Hall–Kier alpha value is -2.34. The van der Waals surface area contributed by atoms with Crippen LogP contribution in [0.1, 0.15) is 41.4 Å². The number of carbonyl (C=O) groups is 2. The van der Waals surface area contributed by atoms with Crippen molar-refractivity contribution < 1.29 is 14.3 Å². The lowest BCUT2D eigenvalue weighted by atomic mass is 10.2.